The lowest BCUT2D eigenvalue weighted by molar-refractivity contribution is 0.573. The minimum atomic E-state index is 0.274. The van der Waals surface area contributed by atoms with Gasteiger partial charge in [0.05, 0.1) is 6.20 Å². The largest absolute Gasteiger partial charge is 0.306 e. The average molecular weight is 228 g/mol. The highest BCUT2D eigenvalue weighted by atomic mass is 15.2. The molecule has 0 aliphatic carbocycles. The van der Waals surface area contributed by atoms with Crippen molar-refractivity contribution in [1.29, 1.82) is 0 Å². The van der Waals surface area contributed by atoms with Crippen molar-refractivity contribution in [2.45, 2.75) is 19.5 Å². The van der Waals surface area contributed by atoms with Crippen molar-refractivity contribution in [1.82, 2.24) is 20.1 Å². The monoisotopic (exact) mass is 228 g/mol. The summed E-state index contributed by atoms with van der Waals surface area (Å²) in [6, 6.07) is 4.29. The Bertz CT molecular complexity index is 475. The van der Waals surface area contributed by atoms with Crippen molar-refractivity contribution in [3.05, 3.63) is 54.6 Å². The summed E-state index contributed by atoms with van der Waals surface area (Å²) in [5, 5.41) is 7.56. The van der Waals surface area contributed by atoms with Crippen LogP contribution >= 0.6 is 0 Å². The minimum absolute atomic E-state index is 0.274. The van der Waals surface area contributed by atoms with Gasteiger partial charge in [-0.2, -0.15) is 5.10 Å². The molecule has 4 heteroatoms. The molecule has 2 heterocycles. The third-order valence-electron chi connectivity index (χ3n) is 2.64. The second-order valence-corrected chi connectivity index (χ2v) is 3.90. The molecule has 0 saturated heterocycles. The summed E-state index contributed by atoms with van der Waals surface area (Å²) in [7, 11) is 0. The highest BCUT2D eigenvalue weighted by Crippen LogP contribution is 2.10. The molecule has 17 heavy (non-hydrogen) atoms. The molecule has 0 radical (unpaired) electrons. The van der Waals surface area contributed by atoms with E-state index in [2.05, 4.69) is 35.0 Å². The van der Waals surface area contributed by atoms with Crippen LogP contribution in [0.15, 0.2) is 43.5 Å². The standard InChI is InChI=1S/C13H16N4/c1-3-17-10-12(8-16-17)7-15-11(2)13-5-4-6-14-9-13/h3-6,8-11,15H,1,7H2,2H3/t11-/m1/s1. The summed E-state index contributed by atoms with van der Waals surface area (Å²) in [5.74, 6) is 0. The van der Waals surface area contributed by atoms with Gasteiger partial charge in [-0.15, -0.1) is 0 Å². The van der Waals surface area contributed by atoms with Gasteiger partial charge in [0.2, 0.25) is 0 Å². The molecule has 2 aromatic rings. The minimum Gasteiger partial charge on any atom is -0.306 e. The van der Waals surface area contributed by atoms with Crippen molar-refractivity contribution < 1.29 is 0 Å². The van der Waals surface area contributed by atoms with Crippen LogP contribution in [-0.4, -0.2) is 14.8 Å². The highest BCUT2D eigenvalue weighted by Gasteiger charge is 2.05. The van der Waals surface area contributed by atoms with E-state index in [9.17, 15) is 0 Å². The Balaban J connectivity index is 1.92. The molecule has 1 atom stereocenters. The van der Waals surface area contributed by atoms with Gasteiger partial charge in [-0.1, -0.05) is 12.6 Å². The summed E-state index contributed by atoms with van der Waals surface area (Å²) in [6.07, 6.45) is 9.13. The van der Waals surface area contributed by atoms with Gasteiger partial charge >= 0.3 is 0 Å². The molecule has 0 spiro atoms. The summed E-state index contributed by atoms with van der Waals surface area (Å²) >= 11 is 0. The van der Waals surface area contributed by atoms with Crippen molar-refractivity contribution in [2.75, 3.05) is 0 Å². The first kappa shape index (κ1) is 11.5. The number of nitrogens with zero attached hydrogens (tertiary/aromatic N) is 3. The van der Waals surface area contributed by atoms with Crippen LogP contribution in [0.25, 0.3) is 6.20 Å². The maximum atomic E-state index is 4.13. The normalized spacial score (nSPS) is 12.3. The number of hydrogen-bond acceptors (Lipinski definition) is 3. The molecule has 0 aliphatic rings. The van der Waals surface area contributed by atoms with E-state index in [0.29, 0.717) is 0 Å². The maximum Gasteiger partial charge on any atom is 0.0538 e. The van der Waals surface area contributed by atoms with E-state index < -0.39 is 0 Å². The van der Waals surface area contributed by atoms with E-state index in [1.165, 1.54) is 5.56 Å². The molecule has 0 unspecified atom stereocenters. The first-order valence-electron chi connectivity index (χ1n) is 5.58. The third-order valence-corrected chi connectivity index (χ3v) is 2.64. The highest BCUT2D eigenvalue weighted by molar-refractivity contribution is 5.18. The van der Waals surface area contributed by atoms with Crippen LogP contribution in [-0.2, 0) is 6.54 Å². The van der Waals surface area contributed by atoms with Gasteiger partial charge in [-0.25, -0.2) is 4.68 Å². The predicted octanol–water partition coefficient (Wildman–Crippen LogP) is 2.23. The fourth-order valence-electron chi connectivity index (χ4n) is 1.59. The van der Waals surface area contributed by atoms with Crippen molar-refractivity contribution >= 4 is 6.20 Å². The van der Waals surface area contributed by atoms with Crippen molar-refractivity contribution in [3.63, 3.8) is 0 Å². The van der Waals surface area contributed by atoms with Crippen LogP contribution in [0.5, 0.6) is 0 Å². The van der Waals surface area contributed by atoms with Crippen LogP contribution < -0.4 is 5.32 Å². The van der Waals surface area contributed by atoms with E-state index in [0.717, 1.165) is 12.1 Å². The number of hydrogen-bond donors (Lipinski definition) is 1. The van der Waals surface area contributed by atoms with Crippen molar-refractivity contribution in [3.8, 4) is 0 Å². The van der Waals surface area contributed by atoms with Gasteiger partial charge in [-0.3, -0.25) is 4.98 Å². The van der Waals surface area contributed by atoms with Gasteiger partial charge in [0, 0.05) is 42.9 Å². The van der Waals surface area contributed by atoms with E-state index in [-0.39, 0.29) is 6.04 Å². The van der Waals surface area contributed by atoms with Crippen LogP contribution in [0.2, 0.25) is 0 Å². The molecule has 88 valence electrons. The lowest BCUT2D eigenvalue weighted by atomic mass is 10.1. The fourth-order valence-corrected chi connectivity index (χ4v) is 1.59. The van der Waals surface area contributed by atoms with Gasteiger partial charge in [0.1, 0.15) is 0 Å². The summed E-state index contributed by atoms with van der Waals surface area (Å²) in [6.45, 7) is 6.56. The Hall–Kier alpha value is -1.94. The molecular weight excluding hydrogens is 212 g/mol. The third kappa shape index (κ3) is 3.01. The zero-order chi connectivity index (χ0) is 12.1. The summed E-state index contributed by atoms with van der Waals surface area (Å²) in [5.41, 5.74) is 2.32. The number of rotatable bonds is 5. The van der Waals surface area contributed by atoms with Crippen LogP contribution in [0.4, 0.5) is 0 Å². The Morgan fingerprint density at radius 1 is 1.53 bits per heavy atom. The number of aromatic nitrogens is 3. The molecule has 0 amide bonds. The van der Waals surface area contributed by atoms with Gasteiger partial charge in [0.25, 0.3) is 0 Å². The van der Waals surface area contributed by atoms with Crippen molar-refractivity contribution in [2.24, 2.45) is 0 Å². The van der Waals surface area contributed by atoms with Gasteiger partial charge < -0.3 is 5.32 Å². The molecule has 0 aliphatic heterocycles. The Morgan fingerprint density at radius 2 is 2.41 bits per heavy atom. The first-order valence-corrected chi connectivity index (χ1v) is 5.58. The fraction of sp³-hybridized carbons (Fsp3) is 0.231. The Morgan fingerprint density at radius 3 is 3.06 bits per heavy atom. The average Bonchev–Trinajstić information content (AvgIpc) is 2.85. The zero-order valence-electron chi connectivity index (χ0n) is 9.87. The molecule has 0 saturated carbocycles. The molecule has 0 aromatic carbocycles. The number of pyridine rings is 1. The van der Waals surface area contributed by atoms with E-state index in [1.54, 1.807) is 17.1 Å². The lowest BCUT2D eigenvalue weighted by Gasteiger charge is -2.12. The second-order valence-electron chi connectivity index (χ2n) is 3.90. The van der Waals surface area contributed by atoms with Gasteiger partial charge in [-0.05, 0) is 18.6 Å². The molecule has 4 nitrogen and oxygen atoms in total. The molecule has 2 rings (SSSR count). The molecule has 0 fully saturated rings. The van der Waals surface area contributed by atoms with E-state index in [4.69, 9.17) is 0 Å². The van der Waals surface area contributed by atoms with Crippen LogP contribution in [0, 0.1) is 0 Å². The maximum absolute atomic E-state index is 4.13. The molecule has 2 aromatic heterocycles. The Labute approximate surface area is 101 Å². The predicted molar refractivity (Wildman–Crippen MR) is 68.1 cm³/mol. The second kappa shape index (κ2) is 5.41. The topological polar surface area (TPSA) is 42.7 Å². The zero-order valence-corrected chi connectivity index (χ0v) is 9.87. The quantitative estimate of drug-likeness (QED) is 0.853. The van der Waals surface area contributed by atoms with E-state index in [1.807, 2.05) is 24.7 Å². The van der Waals surface area contributed by atoms with E-state index >= 15 is 0 Å². The Kier molecular flexibility index (Phi) is 3.67. The lowest BCUT2D eigenvalue weighted by Crippen LogP contribution is -2.17. The van der Waals surface area contributed by atoms with Gasteiger partial charge in [0.15, 0.2) is 0 Å². The van der Waals surface area contributed by atoms with Crippen LogP contribution in [0.1, 0.15) is 24.1 Å². The molecule has 1 N–H and O–H groups in total. The smallest absolute Gasteiger partial charge is 0.0538 e. The number of nitrogens with one attached hydrogen (secondary N) is 1. The molecular formula is C13H16N4. The molecule has 0 bridgehead atoms. The SMILES string of the molecule is C=Cn1cc(CN[C@H](C)c2cccnc2)cn1. The summed E-state index contributed by atoms with van der Waals surface area (Å²) < 4.78 is 1.70. The first-order chi connectivity index (χ1) is 8.29. The van der Waals surface area contributed by atoms with Crippen LogP contribution in [0.3, 0.4) is 0 Å². The summed E-state index contributed by atoms with van der Waals surface area (Å²) in [4.78, 5) is 4.11.